The van der Waals surface area contributed by atoms with Crippen molar-refractivity contribution in [3.8, 4) is 122 Å². The summed E-state index contributed by atoms with van der Waals surface area (Å²) in [7, 11) is 0. The Bertz CT molecular complexity index is 10200. The molecule has 0 spiro atoms. The van der Waals surface area contributed by atoms with E-state index in [1.165, 1.54) is 296 Å². The van der Waals surface area contributed by atoms with Crippen molar-refractivity contribution >= 4 is 140 Å². The lowest BCUT2D eigenvalue weighted by Gasteiger charge is -2.24. The normalized spacial score (nSPS) is 13.3. The summed E-state index contributed by atoms with van der Waals surface area (Å²) in [5, 5.41) is 33.5. The lowest BCUT2D eigenvalue weighted by Crippen LogP contribution is -2.15. The van der Waals surface area contributed by atoms with E-state index in [0.29, 0.717) is 0 Å². The van der Waals surface area contributed by atoms with Gasteiger partial charge in [-0.1, -0.05) is 424 Å². The van der Waals surface area contributed by atoms with Gasteiger partial charge in [0.15, 0.2) is 0 Å². The number of hydrogen-bond acceptors (Lipinski definition) is 0. The molecule has 0 amide bonds. The topological polar surface area (TPSA) is 0 Å². The molecule has 680 valence electrons. The molecule has 0 heterocycles. The molecule has 0 saturated heterocycles. The fourth-order valence-electron chi connectivity index (χ4n) is 25.3. The van der Waals surface area contributed by atoms with E-state index in [1.54, 1.807) is 0 Å². The molecule has 0 aromatic heterocycles. The Balaban J connectivity index is 0.000000106. The fraction of sp³-hybridized carbons (Fsp3) is 0.0621. The van der Waals surface area contributed by atoms with Gasteiger partial charge in [-0.05, 0) is 411 Å². The third-order valence-corrected chi connectivity index (χ3v) is 32.7. The monoisotopic (exact) mass is 1840 g/mol. The molecule has 0 aliphatic heterocycles. The first kappa shape index (κ1) is 85.3. The standard InChI is InChI=1S/C53H36.C49H34.C43H30/c1-53(2)51-31-36-12-6-5-11-35(36)28-49(51)50-29-42-20-19-41(26-46(42)32-52(50)53)45-27-43-13-7-8-14-47(43)48(30-45)44-22-21-39-24-38(17-18-40(39)25-44)37-16-15-33-9-3-4-10-34(33)23-37;1-49(2)46-30-45(41-18-10-11-19-42(41)47(46)43-25-24-33-14-6-9-17-40(33)48(43)49)44-29-38(28-36-15-7-8-16-39(36)44)35-23-21-32-20-22-34(26-37(32)27-35)31-12-4-3-5-13-31;1-43(2)40-26-39(36-13-7-8-14-37(36)41(40)38-22-21-28-10-5-6-12-35(28)42(38)43)34-20-19-32-24-31(17-18-33(32)25-34)30-16-15-27-9-3-4-11-29(27)23-30/h3-32H,1-2H3;3-30H,1-2H3;3-26H,1-2H3. The van der Waals surface area contributed by atoms with Crippen LogP contribution >= 0.6 is 0 Å². The molecule has 0 atom stereocenters. The SMILES string of the molecule is CC1(C)c2cc(-c3cc(-c4ccc5ccc(-c6ccccc6)cc5c4)cc4ccccc34)c3ccccc3c2-c2ccc3ccccc3c21.CC1(C)c2cc(-c3ccc4cc(-c5ccc6ccccc6c5)ccc4c3)c3ccccc3c2-c2ccc3ccccc3c21.CC1(C)c2cc3ccccc3cc2-c2cc3ccc(-c4cc(-c5ccc6cc(-c7ccc8ccccc8c7)ccc6c5)c5ccccc5c4)cc3cc21. The maximum Gasteiger partial charge on any atom is 0.0165 e. The zero-order chi connectivity index (χ0) is 96.7. The highest BCUT2D eigenvalue weighted by Crippen LogP contribution is 2.59. The average Bonchev–Trinajstić information content (AvgIpc) is 1.54. The van der Waals surface area contributed by atoms with Gasteiger partial charge in [0, 0.05) is 16.2 Å². The average molecular weight is 1840 g/mol. The summed E-state index contributed by atoms with van der Waals surface area (Å²) in [6, 6.07) is 185. The van der Waals surface area contributed by atoms with Gasteiger partial charge in [-0.15, -0.1) is 0 Å². The van der Waals surface area contributed by atoms with E-state index >= 15 is 0 Å². The van der Waals surface area contributed by atoms with Crippen LogP contribution in [0.25, 0.3) is 262 Å². The maximum atomic E-state index is 2.52. The number of benzene rings is 27. The van der Waals surface area contributed by atoms with Crippen LogP contribution in [0.4, 0.5) is 0 Å². The Morgan fingerprint density at radius 2 is 0.359 bits per heavy atom. The Morgan fingerprint density at radius 1 is 0.110 bits per heavy atom. The summed E-state index contributed by atoms with van der Waals surface area (Å²) >= 11 is 0. The molecule has 0 bridgehead atoms. The van der Waals surface area contributed by atoms with Gasteiger partial charge in [0.1, 0.15) is 0 Å². The Kier molecular flexibility index (Phi) is 19.6. The minimum atomic E-state index is -0.146. The summed E-state index contributed by atoms with van der Waals surface area (Å²) in [5.74, 6) is 0. The second kappa shape index (κ2) is 33.2. The fourth-order valence-corrected chi connectivity index (χ4v) is 25.3. The van der Waals surface area contributed by atoms with Crippen molar-refractivity contribution in [2.75, 3.05) is 0 Å². The van der Waals surface area contributed by atoms with Gasteiger partial charge >= 0.3 is 0 Å². The first-order chi connectivity index (χ1) is 71.1. The summed E-state index contributed by atoms with van der Waals surface area (Å²) < 4.78 is 0. The molecule has 3 aliphatic carbocycles. The molecular weight excluding hydrogens is 1740 g/mol. The van der Waals surface area contributed by atoms with Crippen LogP contribution in [0.3, 0.4) is 0 Å². The third kappa shape index (κ3) is 14.1. The minimum absolute atomic E-state index is 0.0681. The number of hydrogen-bond donors (Lipinski definition) is 0. The quantitative estimate of drug-likeness (QED) is 0.142. The second-order valence-electron chi connectivity index (χ2n) is 42.1. The molecule has 0 unspecified atom stereocenters. The molecule has 0 nitrogen and oxygen atoms in total. The van der Waals surface area contributed by atoms with Crippen molar-refractivity contribution in [1.29, 1.82) is 0 Å². The largest absolute Gasteiger partial charge is 0.0622 e. The number of rotatable bonds is 8. The van der Waals surface area contributed by atoms with Gasteiger partial charge in [0.25, 0.3) is 0 Å². The van der Waals surface area contributed by atoms with Gasteiger partial charge in [-0.3, -0.25) is 0 Å². The van der Waals surface area contributed by atoms with Gasteiger partial charge in [0.05, 0.1) is 0 Å². The Morgan fingerprint density at radius 3 is 0.807 bits per heavy atom. The predicted molar refractivity (Wildman–Crippen MR) is 623 cm³/mol. The lowest BCUT2D eigenvalue weighted by atomic mass is 9.78. The minimum Gasteiger partial charge on any atom is -0.0622 e. The summed E-state index contributed by atoms with van der Waals surface area (Å²) in [6.07, 6.45) is 0. The van der Waals surface area contributed by atoms with E-state index in [1.807, 2.05) is 0 Å². The highest BCUT2D eigenvalue weighted by Gasteiger charge is 2.42. The van der Waals surface area contributed by atoms with Crippen LogP contribution in [0.15, 0.2) is 497 Å². The molecule has 3 aliphatic rings. The highest BCUT2D eigenvalue weighted by atomic mass is 14.4. The second-order valence-corrected chi connectivity index (χ2v) is 42.1. The molecular formula is C145H100. The molecule has 30 rings (SSSR count). The van der Waals surface area contributed by atoms with Crippen LogP contribution in [0, 0.1) is 0 Å². The third-order valence-electron chi connectivity index (χ3n) is 32.7. The van der Waals surface area contributed by atoms with Crippen LogP contribution in [0.1, 0.15) is 74.9 Å². The first-order valence-electron chi connectivity index (χ1n) is 51.1. The molecule has 0 fully saturated rings. The van der Waals surface area contributed by atoms with Crippen molar-refractivity contribution in [2.45, 2.75) is 57.8 Å². The smallest absolute Gasteiger partial charge is 0.0165 e. The summed E-state index contributed by atoms with van der Waals surface area (Å²) in [5.41, 5.74) is 36.5. The molecule has 0 radical (unpaired) electrons. The zero-order valence-electron chi connectivity index (χ0n) is 81.8. The van der Waals surface area contributed by atoms with Gasteiger partial charge in [-0.25, -0.2) is 0 Å². The van der Waals surface area contributed by atoms with E-state index < -0.39 is 0 Å². The maximum absolute atomic E-state index is 2.52. The van der Waals surface area contributed by atoms with E-state index in [2.05, 4.69) is 539 Å². The van der Waals surface area contributed by atoms with Crippen molar-refractivity contribution in [1.82, 2.24) is 0 Å². The van der Waals surface area contributed by atoms with Crippen molar-refractivity contribution in [2.24, 2.45) is 0 Å². The zero-order valence-corrected chi connectivity index (χ0v) is 81.8. The molecule has 0 heteroatoms. The van der Waals surface area contributed by atoms with Crippen LogP contribution in [0.2, 0.25) is 0 Å². The first-order valence-corrected chi connectivity index (χ1v) is 51.1. The highest BCUT2D eigenvalue weighted by molar-refractivity contribution is 6.17. The van der Waals surface area contributed by atoms with E-state index in [4.69, 9.17) is 0 Å². The lowest BCUT2D eigenvalue weighted by molar-refractivity contribution is 0.662. The molecule has 0 N–H and O–H groups in total. The van der Waals surface area contributed by atoms with Crippen LogP contribution < -0.4 is 0 Å². The molecule has 0 saturated carbocycles. The van der Waals surface area contributed by atoms with Crippen LogP contribution in [-0.2, 0) is 16.2 Å². The molecule has 27 aromatic carbocycles. The molecule has 145 heavy (non-hydrogen) atoms. The van der Waals surface area contributed by atoms with E-state index in [-0.39, 0.29) is 16.2 Å². The van der Waals surface area contributed by atoms with E-state index in [0.717, 1.165) is 0 Å². The van der Waals surface area contributed by atoms with Gasteiger partial charge in [0.2, 0.25) is 0 Å². The van der Waals surface area contributed by atoms with Crippen molar-refractivity contribution in [3.63, 3.8) is 0 Å². The Labute approximate surface area is 844 Å². The predicted octanol–water partition coefficient (Wildman–Crippen LogP) is 40.3. The van der Waals surface area contributed by atoms with Gasteiger partial charge in [-0.2, -0.15) is 0 Å². The van der Waals surface area contributed by atoms with Crippen LogP contribution in [-0.4, -0.2) is 0 Å². The summed E-state index contributed by atoms with van der Waals surface area (Å²) in [6.45, 7) is 14.4. The van der Waals surface area contributed by atoms with Crippen LogP contribution in [0.5, 0.6) is 0 Å². The van der Waals surface area contributed by atoms with Crippen molar-refractivity contribution in [3.05, 3.63) is 531 Å². The Hall–Kier alpha value is -17.7. The molecule has 27 aromatic rings. The summed E-state index contributed by atoms with van der Waals surface area (Å²) in [4.78, 5) is 0. The van der Waals surface area contributed by atoms with Crippen molar-refractivity contribution < 1.29 is 0 Å². The van der Waals surface area contributed by atoms with E-state index in [9.17, 15) is 0 Å². The number of fused-ring (bicyclic) bond motifs is 26. The van der Waals surface area contributed by atoms with Gasteiger partial charge < -0.3 is 0 Å².